The highest BCUT2D eigenvalue weighted by molar-refractivity contribution is 6.35. The normalized spacial score (nSPS) is 10.2. The van der Waals surface area contributed by atoms with Crippen molar-refractivity contribution in [1.82, 2.24) is 0 Å². The molecule has 0 aliphatic rings. The molecule has 5 heteroatoms. The largest absolute Gasteiger partial charge is 0.493 e. The quantitative estimate of drug-likeness (QED) is 0.798. The van der Waals surface area contributed by atoms with Crippen LogP contribution in [-0.4, -0.2) is 20.0 Å². The molecule has 0 N–H and O–H groups in total. The summed E-state index contributed by atoms with van der Waals surface area (Å²) in [5.41, 5.74) is 0.310. The summed E-state index contributed by atoms with van der Waals surface area (Å²) in [7, 11) is 3.00. The number of rotatable bonds is 4. The van der Waals surface area contributed by atoms with Crippen molar-refractivity contribution in [3.63, 3.8) is 0 Å². The number of furan rings is 1. The van der Waals surface area contributed by atoms with Crippen LogP contribution < -0.4 is 9.47 Å². The fourth-order valence-electron chi connectivity index (χ4n) is 1.57. The Morgan fingerprint density at radius 3 is 2.44 bits per heavy atom. The highest BCUT2D eigenvalue weighted by Crippen LogP contribution is 2.34. The first-order valence-corrected chi connectivity index (χ1v) is 5.55. The number of benzene rings is 1. The monoisotopic (exact) mass is 266 g/mol. The van der Waals surface area contributed by atoms with Crippen molar-refractivity contribution in [3.8, 4) is 11.5 Å². The average molecular weight is 267 g/mol. The predicted octanol–water partition coefficient (Wildman–Crippen LogP) is 3.18. The molecule has 0 aliphatic carbocycles. The number of hydrogen-bond acceptors (Lipinski definition) is 4. The van der Waals surface area contributed by atoms with Gasteiger partial charge in [0, 0.05) is 11.6 Å². The molecule has 0 bridgehead atoms. The maximum atomic E-state index is 12.1. The third-order valence-corrected chi connectivity index (χ3v) is 2.78. The highest BCUT2D eigenvalue weighted by atomic mass is 35.5. The number of ketones is 1. The first-order chi connectivity index (χ1) is 8.67. The van der Waals surface area contributed by atoms with Crippen LogP contribution in [0, 0.1) is 0 Å². The molecule has 2 aromatic rings. The van der Waals surface area contributed by atoms with E-state index < -0.39 is 0 Å². The van der Waals surface area contributed by atoms with Crippen molar-refractivity contribution in [3.05, 3.63) is 46.9 Å². The molecule has 1 aromatic heterocycles. The minimum atomic E-state index is -0.300. The summed E-state index contributed by atoms with van der Waals surface area (Å²) in [6.45, 7) is 0. The topological polar surface area (TPSA) is 48.7 Å². The van der Waals surface area contributed by atoms with Crippen LogP contribution in [0.2, 0.25) is 5.02 Å². The number of methoxy groups -OCH3 is 2. The van der Waals surface area contributed by atoms with Crippen LogP contribution in [0.1, 0.15) is 16.1 Å². The second-order valence-electron chi connectivity index (χ2n) is 3.49. The third-order valence-electron chi connectivity index (χ3n) is 2.46. The van der Waals surface area contributed by atoms with Crippen molar-refractivity contribution in [2.75, 3.05) is 14.2 Å². The molecule has 94 valence electrons. The number of hydrogen-bond donors (Lipinski definition) is 0. The summed E-state index contributed by atoms with van der Waals surface area (Å²) < 4.78 is 15.3. The van der Waals surface area contributed by atoms with E-state index in [1.807, 2.05) is 0 Å². The molecule has 1 aromatic carbocycles. The average Bonchev–Trinajstić information content (AvgIpc) is 2.91. The smallest absolute Gasteiger partial charge is 0.229 e. The highest BCUT2D eigenvalue weighted by Gasteiger charge is 2.18. The second kappa shape index (κ2) is 5.14. The Kier molecular flexibility index (Phi) is 3.58. The van der Waals surface area contributed by atoms with Gasteiger partial charge in [0.1, 0.15) is 0 Å². The molecule has 0 atom stereocenters. The van der Waals surface area contributed by atoms with Crippen LogP contribution >= 0.6 is 11.6 Å². The maximum Gasteiger partial charge on any atom is 0.229 e. The zero-order valence-electron chi connectivity index (χ0n) is 9.90. The number of ether oxygens (including phenoxy) is 2. The van der Waals surface area contributed by atoms with E-state index in [2.05, 4.69) is 0 Å². The summed E-state index contributed by atoms with van der Waals surface area (Å²) >= 11 is 6.05. The molecule has 0 aliphatic heterocycles. The van der Waals surface area contributed by atoms with Crippen LogP contribution in [0.4, 0.5) is 0 Å². The predicted molar refractivity (Wildman–Crippen MR) is 66.7 cm³/mol. The van der Waals surface area contributed by atoms with Gasteiger partial charge in [-0.1, -0.05) is 11.6 Å². The molecule has 0 unspecified atom stereocenters. The second-order valence-corrected chi connectivity index (χ2v) is 3.90. The van der Waals surface area contributed by atoms with E-state index in [0.717, 1.165) is 0 Å². The number of halogens is 1. The van der Waals surface area contributed by atoms with Gasteiger partial charge < -0.3 is 13.9 Å². The molecule has 0 radical (unpaired) electrons. The van der Waals surface area contributed by atoms with Crippen molar-refractivity contribution >= 4 is 17.4 Å². The Morgan fingerprint density at radius 2 is 1.89 bits per heavy atom. The Balaban J connectivity index is 2.48. The molecular weight excluding hydrogens is 256 g/mol. The minimum Gasteiger partial charge on any atom is -0.493 e. The third kappa shape index (κ3) is 2.19. The zero-order valence-corrected chi connectivity index (χ0v) is 10.7. The van der Waals surface area contributed by atoms with Gasteiger partial charge in [-0.15, -0.1) is 0 Å². The molecule has 4 nitrogen and oxygen atoms in total. The van der Waals surface area contributed by atoms with Gasteiger partial charge in [-0.3, -0.25) is 4.79 Å². The van der Waals surface area contributed by atoms with Crippen molar-refractivity contribution < 1.29 is 18.7 Å². The first-order valence-electron chi connectivity index (χ1n) is 5.17. The van der Waals surface area contributed by atoms with E-state index in [0.29, 0.717) is 17.1 Å². The van der Waals surface area contributed by atoms with Crippen LogP contribution in [0.3, 0.4) is 0 Å². The first kappa shape index (κ1) is 12.5. The molecule has 2 rings (SSSR count). The minimum absolute atomic E-state index is 0.226. The standard InChI is InChI=1S/C13H11ClO4/c1-16-11-6-8(9(14)7-12(11)17-2)13(15)10-4-3-5-18-10/h3-7H,1-2H3. The van der Waals surface area contributed by atoms with E-state index in [1.165, 1.54) is 32.6 Å². The van der Waals surface area contributed by atoms with Gasteiger partial charge in [-0.25, -0.2) is 0 Å². The molecule has 0 fully saturated rings. The lowest BCUT2D eigenvalue weighted by Crippen LogP contribution is -2.02. The van der Waals surface area contributed by atoms with Crippen LogP contribution in [-0.2, 0) is 0 Å². The Bertz CT molecular complexity index is 561. The van der Waals surface area contributed by atoms with Gasteiger partial charge in [0.25, 0.3) is 0 Å². The van der Waals surface area contributed by atoms with Crippen molar-refractivity contribution in [2.45, 2.75) is 0 Å². The van der Waals surface area contributed by atoms with Gasteiger partial charge in [0.05, 0.1) is 25.5 Å². The van der Waals surface area contributed by atoms with Gasteiger partial charge in [-0.2, -0.15) is 0 Å². The SMILES string of the molecule is COc1cc(Cl)c(C(=O)c2ccco2)cc1OC. The van der Waals surface area contributed by atoms with Crippen LogP contribution in [0.25, 0.3) is 0 Å². The summed E-state index contributed by atoms with van der Waals surface area (Å²) in [6.07, 6.45) is 1.43. The fraction of sp³-hybridized carbons (Fsp3) is 0.154. The summed E-state index contributed by atoms with van der Waals surface area (Å²) in [5.74, 6) is 0.838. The van der Waals surface area contributed by atoms with Crippen molar-refractivity contribution in [1.29, 1.82) is 0 Å². The molecular formula is C13H11ClO4. The molecule has 0 saturated heterocycles. The van der Waals surface area contributed by atoms with Gasteiger partial charge in [0.15, 0.2) is 17.3 Å². The Hall–Kier alpha value is -1.94. The van der Waals surface area contributed by atoms with E-state index >= 15 is 0 Å². The van der Waals surface area contributed by atoms with Crippen LogP contribution in [0.15, 0.2) is 34.9 Å². The molecule has 0 spiro atoms. The fourth-order valence-corrected chi connectivity index (χ4v) is 1.81. The van der Waals surface area contributed by atoms with E-state index in [1.54, 1.807) is 12.1 Å². The lowest BCUT2D eigenvalue weighted by molar-refractivity contribution is 0.101. The molecule has 1 heterocycles. The van der Waals surface area contributed by atoms with Crippen molar-refractivity contribution in [2.24, 2.45) is 0 Å². The van der Waals surface area contributed by atoms with Gasteiger partial charge in [0.2, 0.25) is 5.78 Å². The molecule has 0 saturated carbocycles. The summed E-state index contributed by atoms with van der Waals surface area (Å²) in [4.78, 5) is 12.1. The summed E-state index contributed by atoms with van der Waals surface area (Å²) in [5, 5.41) is 0.286. The van der Waals surface area contributed by atoms with Gasteiger partial charge in [-0.05, 0) is 18.2 Å². The Labute approximate surface area is 109 Å². The van der Waals surface area contributed by atoms with E-state index in [9.17, 15) is 4.79 Å². The number of carbonyl (C=O) groups is 1. The summed E-state index contributed by atoms with van der Waals surface area (Å²) in [6, 6.07) is 6.29. The Morgan fingerprint density at radius 1 is 1.22 bits per heavy atom. The van der Waals surface area contributed by atoms with E-state index in [4.69, 9.17) is 25.5 Å². The molecule has 0 amide bonds. The van der Waals surface area contributed by atoms with Gasteiger partial charge >= 0.3 is 0 Å². The lowest BCUT2D eigenvalue weighted by Gasteiger charge is -2.10. The maximum absolute atomic E-state index is 12.1. The molecule has 18 heavy (non-hydrogen) atoms. The lowest BCUT2D eigenvalue weighted by atomic mass is 10.1. The number of carbonyl (C=O) groups excluding carboxylic acids is 1. The van der Waals surface area contributed by atoms with Crippen LogP contribution in [0.5, 0.6) is 11.5 Å². The zero-order chi connectivity index (χ0) is 13.1. The van der Waals surface area contributed by atoms with E-state index in [-0.39, 0.29) is 16.6 Å².